The first-order chi connectivity index (χ1) is 16.5. The van der Waals surface area contributed by atoms with E-state index in [1.54, 1.807) is 11.8 Å². The van der Waals surface area contributed by atoms with Crippen molar-refractivity contribution >= 4 is 17.5 Å². The van der Waals surface area contributed by atoms with Crippen LogP contribution in [0.1, 0.15) is 24.1 Å². The molecule has 0 aliphatic carbocycles. The molecule has 170 valence electrons. The summed E-state index contributed by atoms with van der Waals surface area (Å²) < 4.78 is 7.43. The highest BCUT2D eigenvalue weighted by Gasteiger charge is 2.36. The Morgan fingerprint density at radius 1 is 1.00 bits per heavy atom. The van der Waals surface area contributed by atoms with E-state index in [4.69, 9.17) is 14.8 Å². The Bertz CT molecular complexity index is 1390. The number of anilines is 2. The van der Waals surface area contributed by atoms with E-state index in [-0.39, 0.29) is 5.91 Å². The summed E-state index contributed by atoms with van der Waals surface area (Å²) in [7, 11) is 1.63. The molecule has 1 aromatic heterocycles. The monoisotopic (exact) mass is 451 g/mol. The maximum atomic E-state index is 13.6. The van der Waals surface area contributed by atoms with Crippen LogP contribution in [0.3, 0.4) is 0 Å². The molecule has 34 heavy (non-hydrogen) atoms. The van der Waals surface area contributed by atoms with Crippen LogP contribution in [-0.4, -0.2) is 27.8 Å². The van der Waals surface area contributed by atoms with Crippen molar-refractivity contribution in [3.8, 4) is 17.1 Å². The Morgan fingerprint density at radius 2 is 1.76 bits per heavy atom. The smallest absolute Gasteiger partial charge is 0.255 e. The lowest BCUT2D eigenvalue weighted by atomic mass is 9.94. The predicted molar refractivity (Wildman–Crippen MR) is 133 cm³/mol. The van der Waals surface area contributed by atoms with E-state index in [1.807, 2.05) is 92.7 Å². The first-order valence-electron chi connectivity index (χ1n) is 11.1. The number of hydrogen-bond donors (Lipinski definition) is 2. The standard InChI is InChI=1S/C27H25N5O2/c1-17-10-9-11-19(16-17)25-30-27-28-18(2)23(26(33)29-20-12-5-4-6-13-20)24(32(27)31-25)21-14-7-8-15-22(21)34-3/h4-16,24H,1-3H3,(H,29,33)(H,28,30,31). The molecular weight excluding hydrogens is 426 g/mol. The number of carbonyl (C=O) groups excluding carboxylic acids is 1. The van der Waals surface area contributed by atoms with Crippen LogP contribution in [0.4, 0.5) is 11.6 Å². The predicted octanol–water partition coefficient (Wildman–Crippen LogP) is 5.19. The summed E-state index contributed by atoms with van der Waals surface area (Å²) in [6, 6.07) is 24.6. The first kappa shape index (κ1) is 21.5. The molecule has 7 nitrogen and oxygen atoms in total. The third kappa shape index (κ3) is 3.92. The summed E-state index contributed by atoms with van der Waals surface area (Å²) >= 11 is 0. The van der Waals surface area contributed by atoms with E-state index >= 15 is 0 Å². The van der Waals surface area contributed by atoms with Gasteiger partial charge in [0.15, 0.2) is 5.82 Å². The first-order valence-corrected chi connectivity index (χ1v) is 11.1. The number of rotatable bonds is 5. The Hall–Kier alpha value is -4.39. The van der Waals surface area contributed by atoms with Crippen molar-refractivity contribution in [3.63, 3.8) is 0 Å². The second kappa shape index (κ2) is 8.86. The number of amides is 1. The second-order valence-corrected chi connectivity index (χ2v) is 8.20. The maximum absolute atomic E-state index is 13.6. The maximum Gasteiger partial charge on any atom is 0.255 e. The number of para-hydroxylation sites is 2. The average Bonchev–Trinajstić information content (AvgIpc) is 3.27. The molecule has 0 fully saturated rings. The third-order valence-corrected chi connectivity index (χ3v) is 5.84. The van der Waals surface area contributed by atoms with E-state index in [9.17, 15) is 4.79 Å². The molecule has 0 bridgehead atoms. The Balaban J connectivity index is 1.64. The van der Waals surface area contributed by atoms with E-state index in [0.29, 0.717) is 28.8 Å². The molecule has 2 heterocycles. The topological polar surface area (TPSA) is 81.1 Å². The Kier molecular flexibility index (Phi) is 5.59. The van der Waals surface area contributed by atoms with Crippen molar-refractivity contribution in [2.24, 2.45) is 0 Å². The van der Waals surface area contributed by atoms with Gasteiger partial charge in [0, 0.05) is 22.5 Å². The molecule has 1 aliphatic rings. The van der Waals surface area contributed by atoms with Gasteiger partial charge in [0.25, 0.3) is 5.91 Å². The summed E-state index contributed by atoms with van der Waals surface area (Å²) in [5.41, 5.74) is 4.83. The van der Waals surface area contributed by atoms with Gasteiger partial charge in [0.2, 0.25) is 5.95 Å². The molecule has 1 amide bonds. The highest BCUT2D eigenvalue weighted by atomic mass is 16.5. The molecule has 0 spiro atoms. The van der Waals surface area contributed by atoms with Crippen molar-refractivity contribution in [1.29, 1.82) is 0 Å². The van der Waals surface area contributed by atoms with Crippen molar-refractivity contribution in [2.75, 3.05) is 17.7 Å². The van der Waals surface area contributed by atoms with Gasteiger partial charge in [-0.3, -0.25) is 4.79 Å². The van der Waals surface area contributed by atoms with Crippen LogP contribution >= 0.6 is 0 Å². The number of carbonyl (C=O) groups is 1. The summed E-state index contributed by atoms with van der Waals surface area (Å²) in [4.78, 5) is 18.3. The highest BCUT2D eigenvalue weighted by molar-refractivity contribution is 6.06. The summed E-state index contributed by atoms with van der Waals surface area (Å²) in [5, 5.41) is 11.1. The second-order valence-electron chi connectivity index (χ2n) is 8.20. The number of aromatic nitrogens is 3. The number of nitrogens with zero attached hydrogens (tertiary/aromatic N) is 3. The molecule has 0 saturated carbocycles. The molecule has 0 radical (unpaired) electrons. The fraction of sp³-hybridized carbons (Fsp3) is 0.148. The number of fused-ring (bicyclic) bond motifs is 1. The van der Waals surface area contributed by atoms with Crippen LogP contribution in [0.5, 0.6) is 5.75 Å². The number of ether oxygens (including phenoxy) is 1. The molecular formula is C27H25N5O2. The lowest BCUT2D eigenvalue weighted by molar-refractivity contribution is -0.113. The van der Waals surface area contributed by atoms with Crippen LogP contribution in [0.25, 0.3) is 11.4 Å². The number of allylic oxidation sites excluding steroid dienone is 1. The van der Waals surface area contributed by atoms with Gasteiger partial charge in [-0.2, -0.15) is 4.98 Å². The molecule has 3 aromatic carbocycles. The Morgan fingerprint density at radius 3 is 2.53 bits per heavy atom. The zero-order valence-corrected chi connectivity index (χ0v) is 19.2. The molecule has 1 unspecified atom stereocenters. The van der Waals surface area contributed by atoms with Crippen molar-refractivity contribution in [2.45, 2.75) is 19.9 Å². The highest BCUT2D eigenvalue weighted by Crippen LogP contribution is 2.40. The molecule has 1 atom stereocenters. The SMILES string of the molecule is COc1ccccc1C1C(C(=O)Nc2ccccc2)=C(C)Nc2nc(-c3cccc(C)c3)nn21. The molecule has 4 aromatic rings. The van der Waals surface area contributed by atoms with Gasteiger partial charge < -0.3 is 15.4 Å². The average molecular weight is 452 g/mol. The molecule has 1 aliphatic heterocycles. The van der Waals surface area contributed by atoms with Gasteiger partial charge in [-0.15, -0.1) is 5.10 Å². The van der Waals surface area contributed by atoms with E-state index < -0.39 is 6.04 Å². The summed E-state index contributed by atoms with van der Waals surface area (Å²) in [5.74, 6) is 1.61. The number of nitrogens with one attached hydrogen (secondary N) is 2. The van der Waals surface area contributed by atoms with Crippen LogP contribution in [0.15, 0.2) is 90.1 Å². The number of aryl methyl sites for hydroxylation is 1. The molecule has 2 N–H and O–H groups in total. The van der Waals surface area contributed by atoms with E-state index in [2.05, 4.69) is 10.6 Å². The van der Waals surface area contributed by atoms with Crippen molar-refractivity contribution < 1.29 is 9.53 Å². The van der Waals surface area contributed by atoms with Crippen LogP contribution < -0.4 is 15.4 Å². The van der Waals surface area contributed by atoms with Gasteiger partial charge in [-0.25, -0.2) is 4.68 Å². The lowest BCUT2D eigenvalue weighted by Crippen LogP contribution is -2.31. The Labute approximate surface area is 198 Å². The number of hydrogen-bond acceptors (Lipinski definition) is 5. The lowest BCUT2D eigenvalue weighted by Gasteiger charge is -2.29. The van der Waals surface area contributed by atoms with Gasteiger partial charge >= 0.3 is 0 Å². The molecule has 5 rings (SSSR count). The fourth-order valence-corrected chi connectivity index (χ4v) is 4.25. The van der Waals surface area contributed by atoms with Gasteiger partial charge in [-0.05, 0) is 38.1 Å². The number of benzene rings is 3. The molecule has 7 heteroatoms. The number of methoxy groups -OCH3 is 1. The van der Waals surface area contributed by atoms with Crippen LogP contribution in [0, 0.1) is 6.92 Å². The largest absolute Gasteiger partial charge is 0.496 e. The summed E-state index contributed by atoms with van der Waals surface area (Å²) in [6.07, 6.45) is 0. The molecule has 0 saturated heterocycles. The van der Waals surface area contributed by atoms with E-state index in [0.717, 1.165) is 22.4 Å². The third-order valence-electron chi connectivity index (χ3n) is 5.84. The van der Waals surface area contributed by atoms with E-state index in [1.165, 1.54) is 0 Å². The van der Waals surface area contributed by atoms with Gasteiger partial charge in [0.05, 0.1) is 12.7 Å². The van der Waals surface area contributed by atoms with Gasteiger partial charge in [0.1, 0.15) is 11.8 Å². The minimum Gasteiger partial charge on any atom is -0.496 e. The fourth-order valence-electron chi connectivity index (χ4n) is 4.25. The van der Waals surface area contributed by atoms with Crippen LogP contribution in [-0.2, 0) is 4.79 Å². The van der Waals surface area contributed by atoms with Gasteiger partial charge in [-0.1, -0.05) is 60.2 Å². The normalized spacial score (nSPS) is 14.9. The van der Waals surface area contributed by atoms with Crippen LogP contribution in [0.2, 0.25) is 0 Å². The minimum atomic E-state index is -0.526. The van der Waals surface area contributed by atoms with Crippen molar-refractivity contribution in [3.05, 3.63) is 101 Å². The minimum absolute atomic E-state index is 0.217. The zero-order chi connectivity index (χ0) is 23.7. The zero-order valence-electron chi connectivity index (χ0n) is 19.2. The quantitative estimate of drug-likeness (QED) is 0.436. The summed E-state index contributed by atoms with van der Waals surface area (Å²) in [6.45, 7) is 3.92. The van der Waals surface area contributed by atoms with Crippen molar-refractivity contribution in [1.82, 2.24) is 14.8 Å².